The number of amides is 4. The molecule has 132 valence electrons. The van der Waals surface area contributed by atoms with Gasteiger partial charge < -0.3 is 10.6 Å². The quantitative estimate of drug-likeness (QED) is 0.261. The first-order valence-corrected chi connectivity index (χ1v) is 8.95. The van der Waals surface area contributed by atoms with Crippen molar-refractivity contribution in [2.75, 3.05) is 5.75 Å². The van der Waals surface area contributed by atoms with Crippen LogP contribution in [0.2, 0.25) is 0 Å². The standard InChI is InChI=1S/C14H19N3O6S/c18-10-4-5-11(19)17(10)8(13(20)23-22)2-1-3-9-12-7(6-24-9)15-14(21)16-12/h7-9,12,22H,1-6H2,(H2,15,16,21)/t7-,8?,9-,12-/m0/s1. The van der Waals surface area contributed by atoms with Crippen molar-refractivity contribution in [2.24, 2.45) is 0 Å². The van der Waals surface area contributed by atoms with Crippen LogP contribution >= 0.6 is 11.8 Å². The van der Waals surface area contributed by atoms with Crippen molar-refractivity contribution in [2.45, 2.75) is 55.5 Å². The van der Waals surface area contributed by atoms with Crippen LogP contribution in [0.15, 0.2) is 0 Å². The first kappa shape index (κ1) is 17.0. The van der Waals surface area contributed by atoms with E-state index >= 15 is 0 Å². The maximum atomic E-state index is 11.8. The van der Waals surface area contributed by atoms with Crippen LogP contribution in [0.4, 0.5) is 4.79 Å². The van der Waals surface area contributed by atoms with Crippen molar-refractivity contribution in [1.29, 1.82) is 0 Å². The highest BCUT2D eigenvalue weighted by Gasteiger charge is 2.43. The Balaban J connectivity index is 1.56. The molecule has 0 aromatic rings. The van der Waals surface area contributed by atoms with Gasteiger partial charge in [0.15, 0.2) is 0 Å². The molecule has 0 radical (unpaired) electrons. The van der Waals surface area contributed by atoms with E-state index in [0.717, 1.165) is 17.1 Å². The van der Waals surface area contributed by atoms with Crippen LogP contribution in [-0.2, 0) is 19.3 Å². The number of carbonyl (C=O) groups excluding carboxylic acids is 4. The Morgan fingerprint density at radius 1 is 1.29 bits per heavy atom. The lowest BCUT2D eigenvalue weighted by molar-refractivity contribution is -0.239. The lowest BCUT2D eigenvalue weighted by Crippen LogP contribution is -2.45. The maximum Gasteiger partial charge on any atom is 0.364 e. The number of hydrogen-bond donors (Lipinski definition) is 3. The Bertz CT molecular complexity index is 555. The van der Waals surface area contributed by atoms with Crippen LogP contribution in [0, 0.1) is 0 Å². The minimum atomic E-state index is -1.09. The summed E-state index contributed by atoms with van der Waals surface area (Å²) in [6.45, 7) is 0. The second-order valence-electron chi connectivity index (χ2n) is 6.14. The smallest absolute Gasteiger partial charge is 0.332 e. The molecular formula is C14H19N3O6S. The Morgan fingerprint density at radius 2 is 2.00 bits per heavy atom. The number of likely N-dealkylation sites (tertiary alicyclic amines) is 1. The fourth-order valence-electron chi connectivity index (χ4n) is 3.51. The number of nitrogens with one attached hydrogen (secondary N) is 2. The number of hydrogen-bond acceptors (Lipinski definition) is 7. The van der Waals surface area contributed by atoms with Crippen molar-refractivity contribution < 1.29 is 29.3 Å². The first-order valence-electron chi connectivity index (χ1n) is 7.90. The van der Waals surface area contributed by atoms with E-state index in [1.165, 1.54) is 0 Å². The Hall–Kier alpha value is -1.81. The third-order valence-corrected chi connectivity index (χ3v) is 6.18. The third kappa shape index (κ3) is 3.20. The van der Waals surface area contributed by atoms with E-state index in [9.17, 15) is 19.2 Å². The molecule has 0 aromatic heterocycles. The van der Waals surface area contributed by atoms with Gasteiger partial charge in [0.25, 0.3) is 0 Å². The summed E-state index contributed by atoms with van der Waals surface area (Å²) in [4.78, 5) is 51.4. The van der Waals surface area contributed by atoms with Gasteiger partial charge in [-0.15, -0.1) is 0 Å². The van der Waals surface area contributed by atoms with Gasteiger partial charge in [0.2, 0.25) is 11.8 Å². The lowest BCUT2D eigenvalue weighted by Gasteiger charge is -2.24. The van der Waals surface area contributed by atoms with Gasteiger partial charge in [-0.2, -0.15) is 17.0 Å². The molecule has 0 saturated carbocycles. The molecule has 3 saturated heterocycles. The first-order chi connectivity index (χ1) is 11.5. The molecule has 0 aliphatic carbocycles. The van der Waals surface area contributed by atoms with Crippen molar-refractivity contribution in [3.63, 3.8) is 0 Å². The van der Waals surface area contributed by atoms with E-state index in [0.29, 0.717) is 6.42 Å². The molecule has 1 unspecified atom stereocenters. The predicted molar refractivity (Wildman–Crippen MR) is 82.9 cm³/mol. The summed E-state index contributed by atoms with van der Waals surface area (Å²) in [5.41, 5.74) is 0. The average Bonchev–Trinajstić information content (AvgIpc) is 3.20. The Labute approximate surface area is 142 Å². The van der Waals surface area contributed by atoms with Crippen LogP contribution in [0.5, 0.6) is 0 Å². The highest BCUT2D eigenvalue weighted by molar-refractivity contribution is 8.00. The van der Waals surface area contributed by atoms with Gasteiger partial charge in [-0.3, -0.25) is 19.4 Å². The number of nitrogens with zero attached hydrogens (tertiary/aromatic N) is 1. The van der Waals surface area contributed by atoms with E-state index in [4.69, 9.17) is 5.26 Å². The largest absolute Gasteiger partial charge is 0.364 e. The number of carbonyl (C=O) groups is 4. The molecule has 24 heavy (non-hydrogen) atoms. The molecule has 9 nitrogen and oxygen atoms in total. The summed E-state index contributed by atoms with van der Waals surface area (Å²) in [7, 11) is 0. The zero-order valence-corrected chi connectivity index (χ0v) is 13.7. The molecule has 0 bridgehead atoms. The fourth-order valence-corrected chi connectivity index (χ4v) is 5.05. The molecule has 3 aliphatic heterocycles. The molecule has 0 spiro atoms. The summed E-state index contributed by atoms with van der Waals surface area (Å²) in [5.74, 6) is -0.999. The van der Waals surface area contributed by atoms with Gasteiger partial charge >= 0.3 is 12.0 Å². The zero-order valence-electron chi connectivity index (χ0n) is 12.9. The normalized spacial score (nSPS) is 30.1. The molecule has 4 amide bonds. The monoisotopic (exact) mass is 357 g/mol. The number of fused-ring (bicyclic) bond motifs is 1. The van der Waals surface area contributed by atoms with E-state index < -0.39 is 23.8 Å². The Kier molecular flexibility index (Phi) is 4.95. The summed E-state index contributed by atoms with van der Waals surface area (Å²) in [6.07, 6.45) is 1.67. The van der Waals surface area contributed by atoms with Gasteiger partial charge in [0.1, 0.15) is 6.04 Å². The van der Waals surface area contributed by atoms with Crippen LogP contribution < -0.4 is 10.6 Å². The van der Waals surface area contributed by atoms with Gasteiger partial charge in [-0.05, 0) is 19.3 Å². The minimum Gasteiger partial charge on any atom is -0.332 e. The average molecular weight is 357 g/mol. The van der Waals surface area contributed by atoms with Crippen LogP contribution in [0.3, 0.4) is 0 Å². The second kappa shape index (κ2) is 6.98. The second-order valence-corrected chi connectivity index (χ2v) is 7.41. The van der Waals surface area contributed by atoms with Crippen molar-refractivity contribution in [3.05, 3.63) is 0 Å². The highest BCUT2D eigenvalue weighted by atomic mass is 32.2. The number of rotatable bonds is 6. The molecular weight excluding hydrogens is 338 g/mol. The Morgan fingerprint density at radius 3 is 2.67 bits per heavy atom. The maximum absolute atomic E-state index is 11.8. The summed E-state index contributed by atoms with van der Waals surface area (Å²) >= 11 is 1.75. The van der Waals surface area contributed by atoms with Crippen molar-refractivity contribution in [1.82, 2.24) is 15.5 Å². The van der Waals surface area contributed by atoms with Gasteiger partial charge in [-0.25, -0.2) is 9.59 Å². The molecule has 3 fully saturated rings. The summed E-state index contributed by atoms with van der Waals surface area (Å²) in [5, 5.41) is 14.6. The summed E-state index contributed by atoms with van der Waals surface area (Å²) < 4.78 is 0. The summed E-state index contributed by atoms with van der Waals surface area (Å²) in [6, 6.07) is -1.07. The van der Waals surface area contributed by atoms with E-state index in [2.05, 4.69) is 15.5 Å². The third-order valence-electron chi connectivity index (χ3n) is 4.67. The van der Waals surface area contributed by atoms with Gasteiger partial charge in [0, 0.05) is 23.8 Å². The van der Waals surface area contributed by atoms with Gasteiger partial charge in [-0.1, -0.05) is 0 Å². The predicted octanol–water partition coefficient (Wildman–Crippen LogP) is -0.144. The number of urea groups is 1. The zero-order chi connectivity index (χ0) is 17.3. The molecule has 3 heterocycles. The lowest BCUT2D eigenvalue weighted by atomic mass is 10.0. The highest BCUT2D eigenvalue weighted by Crippen LogP contribution is 2.33. The molecule has 10 heteroatoms. The van der Waals surface area contributed by atoms with Crippen molar-refractivity contribution >= 4 is 35.6 Å². The van der Waals surface area contributed by atoms with E-state index in [-0.39, 0.29) is 42.6 Å². The van der Waals surface area contributed by atoms with E-state index in [1.54, 1.807) is 11.8 Å². The SMILES string of the molecule is O=C1N[C@H]2[C@H](CS[C@H]2CCCC(C(=O)OO)N2C(=O)CCC2=O)N1. The molecule has 0 aromatic carbocycles. The van der Waals surface area contributed by atoms with Crippen LogP contribution in [0.25, 0.3) is 0 Å². The minimum absolute atomic E-state index is 0.0563. The van der Waals surface area contributed by atoms with Gasteiger partial charge in [0.05, 0.1) is 12.1 Å². The number of thioether (sulfide) groups is 1. The topological polar surface area (TPSA) is 125 Å². The van der Waals surface area contributed by atoms with Crippen LogP contribution in [0.1, 0.15) is 32.1 Å². The number of imide groups is 1. The van der Waals surface area contributed by atoms with E-state index in [1.807, 2.05) is 0 Å². The van der Waals surface area contributed by atoms with Crippen LogP contribution in [-0.4, -0.2) is 63.1 Å². The molecule has 3 rings (SSSR count). The molecule has 3 N–H and O–H groups in total. The van der Waals surface area contributed by atoms with Crippen molar-refractivity contribution in [3.8, 4) is 0 Å². The fraction of sp³-hybridized carbons (Fsp3) is 0.714. The molecule has 4 atom stereocenters. The molecule has 3 aliphatic rings.